The van der Waals surface area contributed by atoms with Gasteiger partial charge in [0.1, 0.15) is 0 Å². The Labute approximate surface area is 134 Å². The molecule has 1 N–H and O–H groups in total. The van der Waals surface area contributed by atoms with Crippen molar-refractivity contribution >= 4 is 17.5 Å². The van der Waals surface area contributed by atoms with Gasteiger partial charge in [0.05, 0.1) is 5.54 Å². The first-order valence-corrected chi connectivity index (χ1v) is 8.04. The SMILES string of the molecule is O=C(NC1(c2ccc(Cl)cc2)CC1)[C@H]1C[C@@H]1c1cccnc1. The molecule has 2 aromatic rings. The van der Waals surface area contributed by atoms with Crippen molar-refractivity contribution in [2.45, 2.75) is 30.7 Å². The van der Waals surface area contributed by atoms with E-state index in [0.29, 0.717) is 5.92 Å². The molecule has 4 rings (SSSR count). The monoisotopic (exact) mass is 312 g/mol. The molecule has 22 heavy (non-hydrogen) atoms. The molecule has 3 nitrogen and oxygen atoms in total. The number of halogens is 1. The number of nitrogens with one attached hydrogen (secondary N) is 1. The van der Waals surface area contributed by atoms with E-state index in [1.165, 1.54) is 5.56 Å². The summed E-state index contributed by atoms with van der Waals surface area (Å²) in [5.74, 6) is 0.588. The van der Waals surface area contributed by atoms with Gasteiger partial charge in [0.2, 0.25) is 5.91 Å². The molecule has 0 aliphatic heterocycles. The van der Waals surface area contributed by atoms with Crippen molar-refractivity contribution in [1.29, 1.82) is 0 Å². The van der Waals surface area contributed by atoms with Gasteiger partial charge in [0.25, 0.3) is 0 Å². The summed E-state index contributed by atoms with van der Waals surface area (Å²) in [4.78, 5) is 16.7. The number of hydrogen-bond donors (Lipinski definition) is 1. The molecule has 0 radical (unpaired) electrons. The van der Waals surface area contributed by atoms with Crippen molar-refractivity contribution in [3.8, 4) is 0 Å². The molecule has 2 saturated carbocycles. The summed E-state index contributed by atoms with van der Waals surface area (Å²) in [6.07, 6.45) is 6.56. The van der Waals surface area contributed by atoms with Crippen molar-refractivity contribution in [2.24, 2.45) is 5.92 Å². The lowest BCUT2D eigenvalue weighted by Crippen LogP contribution is -2.36. The van der Waals surface area contributed by atoms with E-state index in [-0.39, 0.29) is 17.4 Å². The molecule has 112 valence electrons. The van der Waals surface area contributed by atoms with Crippen LogP contribution in [0.1, 0.15) is 36.3 Å². The largest absolute Gasteiger partial charge is 0.346 e. The molecular weight excluding hydrogens is 296 g/mol. The molecule has 2 aliphatic carbocycles. The van der Waals surface area contributed by atoms with Gasteiger partial charge in [-0.1, -0.05) is 29.8 Å². The Hall–Kier alpha value is -1.87. The summed E-state index contributed by atoms with van der Waals surface area (Å²) in [7, 11) is 0. The predicted octanol–water partition coefficient (Wildman–Crippen LogP) is 3.64. The van der Waals surface area contributed by atoms with Gasteiger partial charge in [0, 0.05) is 23.3 Å². The number of carbonyl (C=O) groups is 1. The quantitative estimate of drug-likeness (QED) is 0.936. The second-order valence-electron chi connectivity index (χ2n) is 6.31. The first-order valence-electron chi connectivity index (χ1n) is 7.66. The van der Waals surface area contributed by atoms with Crippen molar-refractivity contribution in [1.82, 2.24) is 10.3 Å². The zero-order valence-electron chi connectivity index (χ0n) is 12.1. The lowest BCUT2D eigenvalue weighted by Gasteiger charge is -2.18. The highest BCUT2D eigenvalue weighted by Crippen LogP contribution is 2.50. The summed E-state index contributed by atoms with van der Waals surface area (Å²) >= 11 is 5.94. The van der Waals surface area contributed by atoms with E-state index in [1.54, 1.807) is 6.20 Å². The van der Waals surface area contributed by atoms with Crippen LogP contribution in [-0.4, -0.2) is 10.9 Å². The standard InChI is InChI=1S/C18H17ClN2O/c19-14-5-3-13(4-6-14)18(7-8-18)21-17(22)16-10-15(16)12-2-1-9-20-11-12/h1-6,9,11,15-16H,7-8,10H2,(H,21,22)/t15-,16+/m1/s1. The Balaban J connectivity index is 1.44. The normalized spacial score (nSPS) is 24.6. The Bertz CT molecular complexity index is 695. The molecule has 0 saturated heterocycles. The Kier molecular flexibility index (Phi) is 3.19. The van der Waals surface area contributed by atoms with Crippen LogP contribution in [0.3, 0.4) is 0 Å². The van der Waals surface area contributed by atoms with E-state index < -0.39 is 0 Å². The van der Waals surface area contributed by atoms with Gasteiger partial charge in [-0.25, -0.2) is 0 Å². The maximum atomic E-state index is 12.5. The number of amides is 1. The second-order valence-corrected chi connectivity index (χ2v) is 6.75. The topological polar surface area (TPSA) is 42.0 Å². The first kappa shape index (κ1) is 13.8. The van der Waals surface area contributed by atoms with Crippen molar-refractivity contribution < 1.29 is 4.79 Å². The molecular formula is C18H17ClN2O. The molecule has 0 bridgehead atoms. The van der Waals surface area contributed by atoms with E-state index in [2.05, 4.69) is 16.4 Å². The molecule has 1 amide bonds. The highest BCUT2D eigenvalue weighted by Gasteiger charge is 2.50. The van der Waals surface area contributed by atoms with E-state index in [9.17, 15) is 4.79 Å². The third-order valence-corrected chi connectivity index (χ3v) is 5.00. The first-order chi connectivity index (χ1) is 10.7. The van der Waals surface area contributed by atoms with Crippen LogP contribution in [0.5, 0.6) is 0 Å². The number of nitrogens with zero attached hydrogens (tertiary/aromatic N) is 1. The zero-order chi connectivity index (χ0) is 15.2. The van der Waals surface area contributed by atoms with Gasteiger partial charge < -0.3 is 5.32 Å². The van der Waals surface area contributed by atoms with Crippen LogP contribution in [0.2, 0.25) is 5.02 Å². The van der Waals surface area contributed by atoms with Gasteiger partial charge in [-0.15, -0.1) is 0 Å². The number of carbonyl (C=O) groups excluding carboxylic acids is 1. The van der Waals surface area contributed by atoms with Crippen LogP contribution in [0.4, 0.5) is 0 Å². The number of rotatable bonds is 4. The summed E-state index contributed by atoms with van der Waals surface area (Å²) in [5.41, 5.74) is 2.16. The van der Waals surface area contributed by atoms with E-state index in [1.807, 2.05) is 36.5 Å². The number of benzene rings is 1. The molecule has 0 spiro atoms. The van der Waals surface area contributed by atoms with Crippen molar-refractivity contribution in [2.75, 3.05) is 0 Å². The van der Waals surface area contributed by atoms with Gasteiger partial charge >= 0.3 is 0 Å². The maximum Gasteiger partial charge on any atom is 0.224 e. The average molecular weight is 313 g/mol. The predicted molar refractivity (Wildman–Crippen MR) is 85.6 cm³/mol. The minimum absolute atomic E-state index is 0.0916. The lowest BCUT2D eigenvalue weighted by atomic mass is 10.0. The summed E-state index contributed by atoms with van der Waals surface area (Å²) < 4.78 is 0. The highest BCUT2D eigenvalue weighted by atomic mass is 35.5. The molecule has 2 aliphatic rings. The van der Waals surface area contributed by atoms with E-state index >= 15 is 0 Å². The second kappa shape index (κ2) is 5.10. The molecule has 2 fully saturated rings. The van der Waals surface area contributed by atoms with E-state index in [4.69, 9.17) is 11.6 Å². The molecule has 0 unspecified atom stereocenters. The third kappa shape index (κ3) is 2.50. The van der Waals surface area contributed by atoms with Crippen LogP contribution >= 0.6 is 11.6 Å². The lowest BCUT2D eigenvalue weighted by molar-refractivity contribution is -0.123. The van der Waals surface area contributed by atoms with Crippen LogP contribution in [0.15, 0.2) is 48.8 Å². The third-order valence-electron chi connectivity index (χ3n) is 4.75. The van der Waals surface area contributed by atoms with Crippen LogP contribution in [-0.2, 0) is 10.3 Å². The number of aromatic nitrogens is 1. The average Bonchev–Trinajstić information content (AvgIpc) is 3.43. The molecule has 1 aromatic heterocycles. The van der Waals surface area contributed by atoms with Crippen LogP contribution in [0, 0.1) is 5.92 Å². The summed E-state index contributed by atoms with van der Waals surface area (Å²) in [6, 6.07) is 11.8. The van der Waals surface area contributed by atoms with Gasteiger partial charge in [-0.2, -0.15) is 0 Å². The van der Waals surface area contributed by atoms with Crippen LogP contribution < -0.4 is 5.32 Å². The smallest absolute Gasteiger partial charge is 0.224 e. The van der Waals surface area contributed by atoms with Gasteiger partial charge in [-0.3, -0.25) is 9.78 Å². The number of hydrogen-bond acceptors (Lipinski definition) is 2. The van der Waals surface area contributed by atoms with Crippen molar-refractivity contribution in [3.63, 3.8) is 0 Å². The number of pyridine rings is 1. The Morgan fingerprint density at radius 3 is 2.64 bits per heavy atom. The summed E-state index contributed by atoms with van der Waals surface area (Å²) in [6.45, 7) is 0. The minimum atomic E-state index is -0.163. The molecule has 4 heteroatoms. The highest BCUT2D eigenvalue weighted by molar-refractivity contribution is 6.30. The molecule has 1 heterocycles. The fraction of sp³-hybridized carbons (Fsp3) is 0.333. The molecule has 2 atom stereocenters. The van der Waals surface area contributed by atoms with Gasteiger partial charge in [0.15, 0.2) is 0 Å². The van der Waals surface area contributed by atoms with Crippen LogP contribution in [0.25, 0.3) is 0 Å². The Morgan fingerprint density at radius 1 is 1.23 bits per heavy atom. The Morgan fingerprint density at radius 2 is 2.00 bits per heavy atom. The molecule has 1 aromatic carbocycles. The fourth-order valence-corrected chi connectivity index (χ4v) is 3.28. The summed E-state index contributed by atoms with van der Waals surface area (Å²) in [5, 5.41) is 3.99. The van der Waals surface area contributed by atoms with Crippen molar-refractivity contribution in [3.05, 3.63) is 64.9 Å². The maximum absolute atomic E-state index is 12.5. The van der Waals surface area contributed by atoms with E-state index in [0.717, 1.165) is 29.8 Å². The van der Waals surface area contributed by atoms with Gasteiger partial charge in [-0.05, 0) is 54.5 Å². The minimum Gasteiger partial charge on any atom is -0.346 e. The fourth-order valence-electron chi connectivity index (χ4n) is 3.16. The zero-order valence-corrected chi connectivity index (χ0v) is 12.9.